The quantitative estimate of drug-likeness (QED) is 0.420. The number of methoxy groups -OCH3 is 1. The monoisotopic (exact) mass is 318 g/mol. The van der Waals surface area contributed by atoms with E-state index in [2.05, 4.69) is 24.6 Å². The molecule has 1 heterocycles. The summed E-state index contributed by atoms with van der Waals surface area (Å²) in [6.07, 6.45) is 1.06. The van der Waals surface area contributed by atoms with Gasteiger partial charge in [-0.3, -0.25) is 4.79 Å². The summed E-state index contributed by atoms with van der Waals surface area (Å²) in [6.45, 7) is 9.51. The Morgan fingerprint density at radius 1 is 1.50 bits per heavy atom. The fraction of sp³-hybridized carbons (Fsp3) is 0.692. The van der Waals surface area contributed by atoms with E-state index < -0.39 is 14.2 Å². The molecule has 0 aliphatic rings. The fourth-order valence-electron chi connectivity index (χ4n) is 1.51. The Morgan fingerprint density at radius 2 is 2.15 bits per heavy atom. The van der Waals surface area contributed by atoms with Crippen molar-refractivity contribution >= 4 is 25.5 Å². The standard InChI is InChI=1S/C13H23ClN2O3Si/c1-10(18-2)12(17)13-15-11(14)8-16(13)9-19-6-7-20(3,4)5/h8,10H,6-7,9H2,1-5H3/t10-/m0/s1. The predicted octanol–water partition coefficient (Wildman–Crippen LogP) is 3.07. The van der Waals surface area contributed by atoms with Gasteiger partial charge in [-0.15, -0.1) is 0 Å². The Hall–Kier alpha value is -0.693. The van der Waals surface area contributed by atoms with Gasteiger partial charge in [0.2, 0.25) is 5.78 Å². The van der Waals surface area contributed by atoms with Crippen LogP contribution in [0.5, 0.6) is 0 Å². The lowest BCUT2D eigenvalue weighted by Gasteiger charge is -2.16. The van der Waals surface area contributed by atoms with Crippen LogP contribution in [-0.4, -0.2) is 43.2 Å². The maximum absolute atomic E-state index is 12.1. The van der Waals surface area contributed by atoms with Crippen LogP contribution < -0.4 is 0 Å². The van der Waals surface area contributed by atoms with Gasteiger partial charge in [0.15, 0.2) is 5.82 Å². The van der Waals surface area contributed by atoms with Crippen LogP contribution in [0.1, 0.15) is 17.5 Å². The summed E-state index contributed by atoms with van der Waals surface area (Å²) in [5, 5.41) is 0.283. The zero-order valence-corrected chi connectivity index (χ0v) is 14.5. The van der Waals surface area contributed by atoms with Gasteiger partial charge in [-0.05, 0) is 13.0 Å². The minimum absolute atomic E-state index is 0.201. The van der Waals surface area contributed by atoms with E-state index in [0.29, 0.717) is 6.61 Å². The van der Waals surface area contributed by atoms with Gasteiger partial charge in [0.1, 0.15) is 18.0 Å². The molecule has 1 aromatic rings. The molecule has 0 aliphatic carbocycles. The van der Waals surface area contributed by atoms with Gasteiger partial charge in [-0.1, -0.05) is 31.2 Å². The topological polar surface area (TPSA) is 53.3 Å². The summed E-state index contributed by atoms with van der Waals surface area (Å²) in [5.41, 5.74) is 0. The van der Waals surface area contributed by atoms with Crippen LogP contribution in [0.25, 0.3) is 0 Å². The molecule has 114 valence electrons. The van der Waals surface area contributed by atoms with Gasteiger partial charge in [0.25, 0.3) is 0 Å². The largest absolute Gasteiger partial charge is 0.373 e. The maximum atomic E-state index is 12.1. The fourth-order valence-corrected chi connectivity index (χ4v) is 2.46. The highest BCUT2D eigenvalue weighted by atomic mass is 35.5. The van der Waals surface area contributed by atoms with Crippen molar-refractivity contribution in [2.75, 3.05) is 13.7 Å². The molecule has 0 spiro atoms. The van der Waals surface area contributed by atoms with Crippen molar-refractivity contribution in [2.45, 2.75) is 45.4 Å². The second-order valence-electron chi connectivity index (χ2n) is 5.95. The molecule has 0 N–H and O–H groups in total. The summed E-state index contributed by atoms with van der Waals surface area (Å²) in [4.78, 5) is 16.1. The number of aromatic nitrogens is 2. The zero-order valence-electron chi connectivity index (χ0n) is 12.8. The summed E-state index contributed by atoms with van der Waals surface area (Å²) in [6, 6.07) is 1.08. The number of ether oxygens (including phenoxy) is 2. The Balaban J connectivity index is 2.64. The Morgan fingerprint density at radius 3 is 2.70 bits per heavy atom. The van der Waals surface area contributed by atoms with Crippen molar-refractivity contribution in [3.8, 4) is 0 Å². The molecule has 0 aromatic carbocycles. The molecule has 0 saturated heterocycles. The predicted molar refractivity (Wildman–Crippen MR) is 82.1 cm³/mol. The number of hydrogen-bond acceptors (Lipinski definition) is 4. The van der Waals surface area contributed by atoms with Crippen LogP contribution in [0.15, 0.2) is 6.20 Å². The number of carbonyl (C=O) groups excluding carboxylic acids is 1. The van der Waals surface area contributed by atoms with Gasteiger partial charge in [0.05, 0.1) is 0 Å². The number of Topliss-reactive ketones (excluding diaryl/α,β-unsaturated/α-hetero) is 1. The highest BCUT2D eigenvalue weighted by molar-refractivity contribution is 6.76. The number of imidazole rings is 1. The molecule has 7 heteroatoms. The molecule has 0 aliphatic heterocycles. The van der Waals surface area contributed by atoms with E-state index in [1.54, 1.807) is 17.7 Å². The first-order valence-corrected chi connectivity index (χ1v) is 10.7. The lowest BCUT2D eigenvalue weighted by molar-refractivity contribution is 0.0592. The number of carbonyl (C=O) groups is 1. The second-order valence-corrected chi connectivity index (χ2v) is 12.0. The van der Waals surface area contributed by atoms with Crippen molar-refractivity contribution in [2.24, 2.45) is 0 Å². The molecule has 0 radical (unpaired) electrons. The number of halogens is 1. The maximum Gasteiger partial charge on any atom is 0.226 e. The average Bonchev–Trinajstić information content (AvgIpc) is 2.73. The summed E-state index contributed by atoms with van der Waals surface area (Å²) >= 11 is 5.87. The van der Waals surface area contributed by atoms with Crippen LogP contribution in [-0.2, 0) is 16.2 Å². The van der Waals surface area contributed by atoms with Crippen LogP contribution in [0.4, 0.5) is 0 Å². The molecule has 0 bridgehead atoms. The van der Waals surface area contributed by atoms with Crippen molar-refractivity contribution in [1.29, 1.82) is 0 Å². The van der Waals surface area contributed by atoms with Gasteiger partial charge in [0, 0.05) is 28.0 Å². The van der Waals surface area contributed by atoms with E-state index in [-0.39, 0.29) is 23.5 Å². The van der Waals surface area contributed by atoms with E-state index in [0.717, 1.165) is 6.04 Å². The van der Waals surface area contributed by atoms with E-state index in [1.807, 2.05) is 0 Å². The number of rotatable bonds is 8. The van der Waals surface area contributed by atoms with Crippen molar-refractivity contribution in [3.63, 3.8) is 0 Å². The first kappa shape index (κ1) is 17.4. The third-order valence-electron chi connectivity index (χ3n) is 2.92. The van der Waals surface area contributed by atoms with Crippen molar-refractivity contribution in [3.05, 3.63) is 17.2 Å². The molecule has 5 nitrogen and oxygen atoms in total. The number of nitrogens with zero attached hydrogens (tertiary/aromatic N) is 2. The highest BCUT2D eigenvalue weighted by Crippen LogP contribution is 2.13. The Bertz CT molecular complexity index is 457. The Labute approximate surface area is 126 Å². The SMILES string of the molecule is CO[C@@H](C)C(=O)c1nc(Cl)cn1COCC[Si](C)(C)C. The van der Waals surface area contributed by atoms with E-state index in [9.17, 15) is 4.79 Å². The highest BCUT2D eigenvalue weighted by Gasteiger charge is 2.21. The van der Waals surface area contributed by atoms with Gasteiger partial charge in [-0.2, -0.15) is 0 Å². The zero-order chi connectivity index (χ0) is 15.3. The second kappa shape index (κ2) is 7.35. The molecule has 0 unspecified atom stereocenters. The molecule has 0 fully saturated rings. The van der Waals surface area contributed by atoms with Crippen LogP contribution in [0.3, 0.4) is 0 Å². The normalized spacial score (nSPS) is 13.5. The molecular weight excluding hydrogens is 296 g/mol. The third-order valence-corrected chi connectivity index (χ3v) is 4.80. The van der Waals surface area contributed by atoms with E-state index in [1.165, 1.54) is 7.11 Å². The van der Waals surface area contributed by atoms with E-state index >= 15 is 0 Å². The number of hydrogen-bond donors (Lipinski definition) is 0. The summed E-state index contributed by atoms with van der Waals surface area (Å²) in [7, 11) is 0.376. The van der Waals surface area contributed by atoms with Crippen molar-refractivity contribution in [1.82, 2.24) is 9.55 Å². The lowest BCUT2D eigenvalue weighted by Crippen LogP contribution is -2.25. The van der Waals surface area contributed by atoms with Crippen LogP contribution in [0, 0.1) is 0 Å². The summed E-state index contributed by atoms with van der Waals surface area (Å²) in [5.74, 6) is 0.0746. The van der Waals surface area contributed by atoms with Gasteiger partial charge >= 0.3 is 0 Å². The van der Waals surface area contributed by atoms with Crippen LogP contribution in [0.2, 0.25) is 30.8 Å². The Kier molecular flexibility index (Phi) is 6.38. The van der Waals surface area contributed by atoms with Crippen LogP contribution >= 0.6 is 11.6 Å². The number of ketones is 1. The molecule has 1 rings (SSSR count). The molecular formula is C13H23ClN2O3Si. The van der Waals surface area contributed by atoms with Crippen molar-refractivity contribution < 1.29 is 14.3 Å². The smallest absolute Gasteiger partial charge is 0.226 e. The van der Waals surface area contributed by atoms with E-state index in [4.69, 9.17) is 21.1 Å². The summed E-state index contributed by atoms with van der Waals surface area (Å²) < 4.78 is 12.3. The molecule has 1 aromatic heterocycles. The van der Waals surface area contributed by atoms with Gasteiger partial charge in [-0.25, -0.2) is 4.98 Å². The molecule has 20 heavy (non-hydrogen) atoms. The first-order chi connectivity index (χ1) is 9.24. The average molecular weight is 319 g/mol. The lowest BCUT2D eigenvalue weighted by atomic mass is 10.2. The molecule has 0 amide bonds. The molecule has 1 atom stereocenters. The van der Waals surface area contributed by atoms with Gasteiger partial charge < -0.3 is 14.0 Å². The molecule has 0 saturated carbocycles. The first-order valence-electron chi connectivity index (χ1n) is 6.62. The minimum Gasteiger partial charge on any atom is -0.373 e. The third kappa shape index (κ3) is 5.36. The minimum atomic E-state index is -1.11.